The van der Waals surface area contributed by atoms with E-state index in [4.69, 9.17) is 23.2 Å². The monoisotopic (exact) mass is 474 g/mol. The molecule has 2 atom stereocenters. The minimum Gasteiger partial charge on any atom is -0.337 e. The van der Waals surface area contributed by atoms with Gasteiger partial charge in [-0.25, -0.2) is 0 Å². The quantitative estimate of drug-likeness (QED) is 0.417. The Morgan fingerprint density at radius 3 is 2.16 bits per heavy atom. The summed E-state index contributed by atoms with van der Waals surface area (Å²) in [5.41, 5.74) is 1.78. The molecule has 1 saturated heterocycles. The number of aromatic nitrogens is 3. The highest BCUT2D eigenvalue weighted by Gasteiger charge is 2.29. The smallest absolute Gasteiger partial charge is 0.233 e. The molecule has 31 heavy (non-hydrogen) atoms. The van der Waals surface area contributed by atoms with Gasteiger partial charge >= 0.3 is 0 Å². The summed E-state index contributed by atoms with van der Waals surface area (Å²) < 4.78 is 1.96. The Bertz CT molecular complexity index is 1040. The van der Waals surface area contributed by atoms with E-state index in [1.54, 1.807) is 0 Å². The van der Waals surface area contributed by atoms with E-state index in [1.165, 1.54) is 18.2 Å². The van der Waals surface area contributed by atoms with Crippen molar-refractivity contribution in [1.82, 2.24) is 19.7 Å². The zero-order chi connectivity index (χ0) is 22.0. The van der Waals surface area contributed by atoms with E-state index in [-0.39, 0.29) is 18.0 Å². The van der Waals surface area contributed by atoms with Gasteiger partial charge in [-0.3, -0.25) is 9.36 Å². The van der Waals surface area contributed by atoms with Gasteiger partial charge in [-0.05, 0) is 81.6 Å². The third-order valence-corrected chi connectivity index (χ3v) is 7.04. The lowest BCUT2D eigenvalue weighted by atomic mass is 9.98. The first-order chi connectivity index (χ1) is 14.9. The average molecular weight is 475 g/mol. The molecule has 0 N–H and O–H groups in total. The lowest BCUT2D eigenvalue weighted by Crippen LogP contribution is -2.48. The van der Waals surface area contributed by atoms with E-state index in [0.717, 1.165) is 24.1 Å². The molecule has 0 aliphatic carbocycles. The van der Waals surface area contributed by atoms with E-state index in [9.17, 15) is 4.79 Å². The second-order valence-corrected chi connectivity index (χ2v) is 9.66. The van der Waals surface area contributed by atoms with E-state index in [1.807, 2.05) is 58.0 Å². The summed E-state index contributed by atoms with van der Waals surface area (Å²) in [4.78, 5) is 15.0. The summed E-state index contributed by atoms with van der Waals surface area (Å²) >= 11 is 13.6. The van der Waals surface area contributed by atoms with Crippen LogP contribution in [0.15, 0.2) is 53.7 Å². The molecule has 0 unspecified atom stereocenters. The first-order valence-electron chi connectivity index (χ1n) is 10.4. The molecule has 2 heterocycles. The molecule has 0 bridgehead atoms. The number of piperidine rings is 1. The van der Waals surface area contributed by atoms with Gasteiger partial charge in [0.2, 0.25) is 5.91 Å². The number of halogens is 2. The molecular weight excluding hydrogens is 451 g/mol. The molecule has 0 saturated carbocycles. The lowest BCUT2D eigenvalue weighted by molar-refractivity contribution is -0.134. The zero-order valence-corrected chi connectivity index (χ0v) is 19.8. The van der Waals surface area contributed by atoms with E-state index < -0.39 is 0 Å². The first kappa shape index (κ1) is 22.2. The predicted octanol–water partition coefficient (Wildman–Crippen LogP) is 6.12. The number of carbonyl (C=O) groups excluding carboxylic acids is 1. The highest BCUT2D eigenvalue weighted by Crippen LogP contribution is 2.30. The first-order valence-corrected chi connectivity index (χ1v) is 12.1. The Balaban J connectivity index is 1.63. The maximum absolute atomic E-state index is 13.0. The van der Waals surface area contributed by atoms with Gasteiger partial charge in [0, 0.05) is 33.4 Å². The molecule has 0 radical (unpaired) electrons. The topological polar surface area (TPSA) is 51.0 Å². The molecule has 1 aliphatic heterocycles. The van der Waals surface area contributed by atoms with Crippen molar-refractivity contribution in [2.45, 2.75) is 50.4 Å². The Hall–Kier alpha value is -2.02. The Kier molecular flexibility index (Phi) is 6.89. The summed E-state index contributed by atoms with van der Waals surface area (Å²) in [6.45, 7) is 4.26. The van der Waals surface area contributed by atoms with Gasteiger partial charge in [-0.1, -0.05) is 35.0 Å². The fraction of sp³-hybridized carbons (Fsp3) is 0.348. The van der Waals surface area contributed by atoms with Gasteiger partial charge in [0.15, 0.2) is 11.0 Å². The largest absolute Gasteiger partial charge is 0.337 e. The third-order valence-electron chi connectivity index (χ3n) is 5.63. The van der Waals surface area contributed by atoms with Gasteiger partial charge in [0.05, 0.1) is 5.75 Å². The summed E-state index contributed by atoms with van der Waals surface area (Å²) in [5, 5.41) is 10.8. The van der Waals surface area contributed by atoms with Crippen LogP contribution in [-0.2, 0) is 4.79 Å². The number of amides is 1. The lowest BCUT2D eigenvalue weighted by Gasteiger charge is -2.39. The van der Waals surface area contributed by atoms with Gasteiger partial charge in [0.1, 0.15) is 0 Å². The van der Waals surface area contributed by atoms with Gasteiger partial charge in [-0.2, -0.15) is 0 Å². The van der Waals surface area contributed by atoms with Crippen molar-refractivity contribution in [1.29, 1.82) is 0 Å². The van der Waals surface area contributed by atoms with Crippen LogP contribution in [0, 0.1) is 0 Å². The molecule has 1 aromatic heterocycles. The van der Waals surface area contributed by atoms with Gasteiger partial charge < -0.3 is 4.90 Å². The molecule has 8 heteroatoms. The molecule has 4 rings (SSSR count). The molecule has 2 aromatic carbocycles. The fourth-order valence-electron chi connectivity index (χ4n) is 4.09. The highest BCUT2D eigenvalue weighted by atomic mass is 35.5. The number of likely N-dealkylation sites (tertiary alicyclic amines) is 1. The van der Waals surface area contributed by atoms with Crippen molar-refractivity contribution >= 4 is 40.9 Å². The molecule has 0 spiro atoms. The van der Waals surface area contributed by atoms with Crippen molar-refractivity contribution in [3.63, 3.8) is 0 Å². The van der Waals surface area contributed by atoms with E-state index in [0.29, 0.717) is 26.8 Å². The molecular formula is C23H24Cl2N4OS. The number of rotatable bonds is 5. The third kappa shape index (κ3) is 4.92. The van der Waals surface area contributed by atoms with Crippen LogP contribution in [0.2, 0.25) is 10.0 Å². The van der Waals surface area contributed by atoms with Crippen molar-refractivity contribution in [2.24, 2.45) is 0 Å². The van der Waals surface area contributed by atoms with Crippen molar-refractivity contribution in [3.8, 4) is 17.1 Å². The van der Waals surface area contributed by atoms with Crippen LogP contribution in [0.5, 0.6) is 0 Å². The molecule has 162 valence electrons. The number of thioether (sulfide) groups is 1. The number of benzene rings is 2. The Morgan fingerprint density at radius 1 is 0.968 bits per heavy atom. The van der Waals surface area contributed by atoms with Crippen LogP contribution in [0.3, 0.4) is 0 Å². The highest BCUT2D eigenvalue weighted by molar-refractivity contribution is 7.99. The molecule has 1 aliphatic rings. The van der Waals surface area contributed by atoms with Crippen molar-refractivity contribution in [3.05, 3.63) is 58.6 Å². The van der Waals surface area contributed by atoms with Crippen LogP contribution in [0.4, 0.5) is 0 Å². The Labute approximate surface area is 196 Å². The number of carbonyl (C=O) groups is 1. The fourth-order valence-corrected chi connectivity index (χ4v) is 5.16. The maximum atomic E-state index is 13.0. The summed E-state index contributed by atoms with van der Waals surface area (Å²) in [5.74, 6) is 1.15. The summed E-state index contributed by atoms with van der Waals surface area (Å²) in [6.07, 6.45) is 3.29. The molecule has 1 fully saturated rings. The normalized spacial score (nSPS) is 18.9. The van der Waals surface area contributed by atoms with Crippen LogP contribution < -0.4 is 0 Å². The van der Waals surface area contributed by atoms with Gasteiger partial charge in [0.25, 0.3) is 0 Å². The summed E-state index contributed by atoms with van der Waals surface area (Å²) in [6, 6.07) is 15.5. The van der Waals surface area contributed by atoms with E-state index >= 15 is 0 Å². The minimum atomic E-state index is 0.142. The van der Waals surface area contributed by atoms with Crippen LogP contribution >= 0.6 is 35.0 Å². The molecule has 3 aromatic rings. The van der Waals surface area contributed by atoms with Crippen molar-refractivity contribution < 1.29 is 4.79 Å². The second kappa shape index (κ2) is 9.63. The standard InChI is InChI=1S/C23H24Cl2N4OS/c1-15-4-3-5-16(2)28(15)21(30)14-31-23-27-26-22(17-6-8-18(24)9-7-17)29(23)20-12-10-19(25)11-13-20/h6-13,15-16H,3-5,14H2,1-2H3/t15-,16+. The molecule has 1 amide bonds. The minimum absolute atomic E-state index is 0.142. The van der Waals surface area contributed by atoms with Crippen LogP contribution in [0.1, 0.15) is 33.1 Å². The Morgan fingerprint density at radius 2 is 1.55 bits per heavy atom. The number of hydrogen-bond donors (Lipinski definition) is 0. The molecule has 5 nitrogen and oxygen atoms in total. The predicted molar refractivity (Wildman–Crippen MR) is 127 cm³/mol. The second-order valence-electron chi connectivity index (χ2n) is 7.84. The zero-order valence-electron chi connectivity index (χ0n) is 17.5. The average Bonchev–Trinajstić information content (AvgIpc) is 3.17. The van der Waals surface area contributed by atoms with E-state index in [2.05, 4.69) is 24.0 Å². The number of hydrogen-bond acceptors (Lipinski definition) is 4. The summed E-state index contributed by atoms with van der Waals surface area (Å²) in [7, 11) is 0. The SMILES string of the molecule is C[C@@H]1CCC[C@H](C)N1C(=O)CSc1nnc(-c2ccc(Cl)cc2)n1-c1ccc(Cl)cc1. The van der Waals surface area contributed by atoms with Gasteiger partial charge in [-0.15, -0.1) is 10.2 Å². The maximum Gasteiger partial charge on any atom is 0.233 e. The van der Waals surface area contributed by atoms with Crippen LogP contribution in [-0.4, -0.2) is 43.4 Å². The number of nitrogens with zero attached hydrogens (tertiary/aromatic N) is 4. The van der Waals surface area contributed by atoms with Crippen molar-refractivity contribution in [2.75, 3.05) is 5.75 Å². The van der Waals surface area contributed by atoms with Crippen LogP contribution in [0.25, 0.3) is 17.1 Å².